The van der Waals surface area contributed by atoms with Crippen LogP contribution in [0.5, 0.6) is 0 Å². The Bertz CT molecular complexity index is 1580. The summed E-state index contributed by atoms with van der Waals surface area (Å²) in [5.41, 5.74) is 3.55. The van der Waals surface area contributed by atoms with E-state index in [1.165, 1.54) is 0 Å². The van der Waals surface area contributed by atoms with Crippen molar-refractivity contribution in [1.82, 2.24) is 24.9 Å². The Labute approximate surface area is 251 Å². The molecule has 3 N–H and O–H groups in total. The summed E-state index contributed by atoms with van der Waals surface area (Å²) in [7, 11) is 0. The molecule has 6 rings (SSSR count). The van der Waals surface area contributed by atoms with E-state index in [1.807, 2.05) is 47.6 Å². The number of anilines is 2. The van der Waals surface area contributed by atoms with Gasteiger partial charge in [-0.05, 0) is 74.9 Å². The number of carbonyl (C=O) groups is 2. The summed E-state index contributed by atoms with van der Waals surface area (Å²) in [5.74, 6) is 0.614. The molecule has 0 saturated carbocycles. The maximum atomic E-state index is 12.9. The number of carbonyl (C=O) groups excluding carboxylic acids is 2. The Morgan fingerprint density at radius 3 is 2.33 bits per heavy atom. The molecule has 224 valence electrons. The van der Waals surface area contributed by atoms with Crippen molar-refractivity contribution in [3.63, 3.8) is 0 Å². The van der Waals surface area contributed by atoms with Gasteiger partial charge in [0, 0.05) is 65.5 Å². The van der Waals surface area contributed by atoms with Gasteiger partial charge in [0.05, 0.1) is 25.8 Å². The van der Waals surface area contributed by atoms with E-state index in [0.717, 1.165) is 29.6 Å². The average molecular weight is 583 g/mol. The van der Waals surface area contributed by atoms with E-state index >= 15 is 0 Å². The molecule has 2 aliphatic rings. The summed E-state index contributed by atoms with van der Waals surface area (Å²) in [6.07, 6.45) is 4.88. The molecule has 0 bridgehead atoms. The van der Waals surface area contributed by atoms with Gasteiger partial charge in [-0.2, -0.15) is 0 Å². The van der Waals surface area contributed by atoms with Crippen LogP contribution in [0, 0.1) is 0 Å². The first-order valence-electron chi connectivity index (χ1n) is 14.9. The fourth-order valence-corrected chi connectivity index (χ4v) is 5.88. The van der Waals surface area contributed by atoms with Gasteiger partial charge in [0.25, 0.3) is 5.91 Å². The number of nitrogens with one attached hydrogen (secondary N) is 3. The van der Waals surface area contributed by atoms with Gasteiger partial charge in [0.1, 0.15) is 0 Å². The number of amides is 3. The zero-order valence-electron chi connectivity index (χ0n) is 24.8. The van der Waals surface area contributed by atoms with Crippen LogP contribution in [0.15, 0.2) is 67.0 Å². The Morgan fingerprint density at radius 2 is 1.65 bits per heavy atom. The third-order valence-corrected chi connectivity index (χ3v) is 7.99. The summed E-state index contributed by atoms with van der Waals surface area (Å²) in [6.45, 7) is 9.88. The van der Waals surface area contributed by atoms with Gasteiger partial charge in [0.2, 0.25) is 0 Å². The van der Waals surface area contributed by atoms with E-state index in [4.69, 9.17) is 9.72 Å². The summed E-state index contributed by atoms with van der Waals surface area (Å²) in [5, 5.41) is 12.4. The van der Waals surface area contributed by atoms with Crippen LogP contribution in [0.2, 0.25) is 0 Å². The Balaban J connectivity index is 1.08. The highest BCUT2D eigenvalue weighted by molar-refractivity contribution is 6.00. The summed E-state index contributed by atoms with van der Waals surface area (Å²) in [4.78, 5) is 37.0. The van der Waals surface area contributed by atoms with Crippen molar-refractivity contribution in [2.75, 3.05) is 48.5 Å². The van der Waals surface area contributed by atoms with Crippen LogP contribution >= 0.6 is 0 Å². The quantitative estimate of drug-likeness (QED) is 0.310. The van der Waals surface area contributed by atoms with Crippen LogP contribution in [-0.2, 0) is 4.74 Å². The lowest BCUT2D eigenvalue weighted by Crippen LogP contribution is -2.55. The molecule has 0 radical (unpaired) electrons. The number of hydrogen-bond acceptors (Lipinski definition) is 7. The van der Waals surface area contributed by atoms with Crippen molar-refractivity contribution >= 4 is 34.3 Å². The highest BCUT2D eigenvalue weighted by atomic mass is 16.5. The predicted molar refractivity (Wildman–Crippen MR) is 168 cm³/mol. The van der Waals surface area contributed by atoms with Gasteiger partial charge in [-0.25, -0.2) is 19.4 Å². The second kappa shape index (κ2) is 12.4. The minimum absolute atomic E-state index is 0.00105. The van der Waals surface area contributed by atoms with Gasteiger partial charge < -0.3 is 30.6 Å². The number of aromatic nitrogens is 3. The second-order valence-electron chi connectivity index (χ2n) is 11.3. The number of nitrogens with zero attached hydrogens (tertiary/aromatic N) is 5. The molecule has 0 spiro atoms. The molecule has 1 unspecified atom stereocenters. The average Bonchev–Trinajstić information content (AvgIpc) is 3.44. The van der Waals surface area contributed by atoms with E-state index in [9.17, 15) is 9.59 Å². The fourth-order valence-electron chi connectivity index (χ4n) is 5.88. The first kappa shape index (κ1) is 28.6. The van der Waals surface area contributed by atoms with Crippen molar-refractivity contribution in [3.8, 4) is 11.4 Å². The number of ether oxygens (including phenoxy) is 1. The molecule has 2 aliphatic heterocycles. The van der Waals surface area contributed by atoms with Crippen molar-refractivity contribution in [2.24, 2.45) is 0 Å². The predicted octanol–water partition coefficient (Wildman–Crippen LogP) is 4.31. The molecule has 4 heterocycles. The van der Waals surface area contributed by atoms with Crippen LogP contribution in [-0.4, -0.2) is 82.5 Å². The molecule has 2 saturated heterocycles. The highest BCUT2D eigenvalue weighted by Gasteiger charge is 2.26. The summed E-state index contributed by atoms with van der Waals surface area (Å²) in [6, 6.07) is 16.9. The topological polar surface area (TPSA) is 117 Å². The lowest BCUT2D eigenvalue weighted by molar-refractivity contribution is 0.0674. The Hall–Kier alpha value is -4.48. The zero-order valence-corrected chi connectivity index (χ0v) is 24.8. The van der Waals surface area contributed by atoms with Crippen LogP contribution in [0.1, 0.15) is 37.6 Å². The summed E-state index contributed by atoms with van der Waals surface area (Å²) >= 11 is 0. The van der Waals surface area contributed by atoms with Crippen molar-refractivity contribution < 1.29 is 14.3 Å². The number of morpholine rings is 1. The lowest BCUT2D eigenvalue weighted by atomic mass is 10.1. The number of hydrogen-bond donors (Lipinski definition) is 3. The molecular weight excluding hydrogens is 544 g/mol. The number of piperazine rings is 1. The highest BCUT2D eigenvalue weighted by Crippen LogP contribution is 2.23. The van der Waals surface area contributed by atoms with Gasteiger partial charge in [-0.3, -0.25) is 4.79 Å². The molecule has 4 aromatic rings. The molecule has 3 atom stereocenters. The first-order chi connectivity index (χ1) is 20.9. The van der Waals surface area contributed by atoms with E-state index in [-0.39, 0.29) is 24.0 Å². The molecule has 2 aromatic heterocycles. The van der Waals surface area contributed by atoms with E-state index in [2.05, 4.69) is 51.4 Å². The Morgan fingerprint density at radius 1 is 0.977 bits per heavy atom. The smallest absolute Gasteiger partial charge is 0.323 e. The third kappa shape index (κ3) is 6.32. The van der Waals surface area contributed by atoms with Crippen LogP contribution in [0.3, 0.4) is 0 Å². The lowest BCUT2D eigenvalue weighted by Gasteiger charge is -2.37. The van der Waals surface area contributed by atoms with E-state index in [1.54, 1.807) is 24.3 Å². The van der Waals surface area contributed by atoms with Crippen LogP contribution in [0.25, 0.3) is 22.4 Å². The SMILES string of the molecule is CCC1COCCN1n1ccc2cnc(-c3ccc(NC(=O)Nc4ccc(C(=O)N5C[C@@H](C)N[C@@H](C)C5)cc4)cc3)nc21. The fraction of sp³-hybridized carbons (Fsp3) is 0.375. The number of urea groups is 1. The van der Waals surface area contributed by atoms with Gasteiger partial charge in [-0.15, -0.1) is 0 Å². The van der Waals surface area contributed by atoms with E-state index < -0.39 is 0 Å². The molecule has 3 amide bonds. The minimum Gasteiger partial charge on any atom is -0.377 e. The largest absolute Gasteiger partial charge is 0.377 e. The molecule has 11 nitrogen and oxygen atoms in total. The third-order valence-electron chi connectivity index (χ3n) is 7.99. The van der Waals surface area contributed by atoms with Crippen LogP contribution in [0.4, 0.5) is 16.2 Å². The second-order valence-corrected chi connectivity index (χ2v) is 11.3. The van der Waals surface area contributed by atoms with Crippen molar-refractivity contribution in [3.05, 3.63) is 72.6 Å². The maximum Gasteiger partial charge on any atom is 0.323 e. The minimum atomic E-state index is -0.372. The molecule has 0 aliphatic carbocycles. The standard InChI is InChI=1S/C32H38N8O3/c1-4-28-20-43-16-15-39(28)40-14-13-25-17-33-29(37-30(25)40)23-5-9-26(10-6-23)35-32(42)36-27-11-7-24(8-12-27)31(41)38-18-21(2)34-22(3)19-38/h5-14,17,21-22,28,34H,4,15-16,18-20H2,1-3H3,(H2,35,36,42)/t21-,22+,28?. The van der Waals surface area contributed by atoms with Gasteiger partial charge in [-0.1, -0.05) is 6.92 Å². The molecule has 11 heteroatoms. The summed E-state index contributed by atoms with van der Waals surface area (Å²) < 4.78 is 7.80. The van der Waals surface area contributed by atoms with Gasteiger partial charge in [0.15, 0.2) is 11.5 Å². The zero-order chi connectivity index (χ0) is 29.9. The van der Waals surface area contributed by atoms with Gasteiger partial charge >= 0.3 is 6.03 Å². The van der Waals surface area contributed by atoms with Crippen molar-refractivity contribution in [2.45, 2.75) is 45.3 Å². The number of rotatable bonds is 6. The van der Waals surface area contributed by atoms with Crippen LogP contribution < -0.4 is 21.0 Å². The number of benzene rings is 2. The van der Waals surface area contributed by atoms with Crippen molar-refractivity contribution in [1.29, 1.82) is 0 Å². The molecular formula is C32H38N8O3. The maximum absolute atomic E-state index is 12.9. The van der Waals surface area contributed by atoms with E-state index in [0.29, 0.717) is 55.1 Å². The molecule has 2 fully saturated rings. The number of fused-ring (bicyclic) bond motifs is 1. The molecule has 2 aromatic carbocycles. The monoisotopic (exact) mass is 582 g/mol. The normalized spacial score (nSPS) is 20.7. The Kier molecular flexibility index (Phi) is 8.26. The molecule has 43 heavy (non-hydrogen) atoms. The first-order valence-corrected chi connectivity index (χ1v) is 14.9.